The summed E-state index contributed by atoms with van der Waals surface area (Å²) in [5.41, 5.74) is 0.119. The smallest absolute Gasteiger partial charge is 0.211 e. The lowest BCUT2D eigenvalue weighted by molar-refractivity contribution is 0.101. The molecule has 3 aliphatic rings. The molecule has 1 aliphatic carbocycles. The fraction of sp³-hybridized carbons (Fsp3) is 1.00. The Labute approximate surface area is 122 Å². The zero-order valence-electron chi connectivity index (χ0n) is 12.5. The molecule has 0 unspecified atom stereocenters. The molecule has 2 atom stereocenters. The van der Waals surface area contributed by atoms with E-state index in [4.69, 9.17) is 4.74 Å². The second-order valence-electron chi connectivity index (χ2n) is 7.00. The van der Waals surface area contributed by atoms with E-state index in [-0.39, 0.29) is 5.41 Å². The summed E-state index contributed by atoms with van der Waals surface area (Å²) in [5.74, 6) is 1.36. The molecule has 5 nitrogen and oxygen atoms in total. The van der Waals surface area contributed by atoms with Crippen LogP contribution in [0.1, 0.15) is 19.3 Å². The third-order valence-corrected chi connectivity index (χ3v) is 6.53. The Bertz CT molecular complexity index is 463. The average molecular weight is 302 g/mol. The maximum absolute atomic E-state index is 11.8. The van der Waals surface area contributed by atoms with Crippen LogP contribution in [0.3, 0.4) is 0 Å². The van der Waals surface area contributed by atoms with Crippen molar-refractivity contribution in [3.05, 3.63) is 0 Å². The molecule has 116 valence electrons. The third kappa shape index (κ3) is 2.89. The lowest BCUT2D eigenvalue weighted by atomic mass is 9.78. The first-order valence-corrected chi connectivity index (χ1v) is 9.44. The van der Waals surface area contributed by atoms with E-state index in [1.165, 1.54) is 25.6 Å². The van der Waals surface area contributed by atoms with E-state index in [0.29, 0.717) is 19.0 Å². The van der Waals surface area contributed by atoms with Gasteiger partial charge in [-0.15, -0.1) is 0 Å². The number of sulfonamides is 1. The van der Waals surface area contributed by atoms with Gasteiger partial charge in [0.05, 0.1) is 12.9 Å². The molecule has 2 saturated heterocycles. The third-order valence-electron chi connectivity index (χ3n) is 5.28. The number of hydrogen-bond donors (Lipinski definition) is 0. The second kappa shape index (κ2) is 5.23. The Morgan fingerprint density at radius 3 is 2.60 bits per heavy atom. The Morgan fingerprint density at radius 1 is 1.30 bits per heavy atom. The Kier molecular flexibility index (Phi) is 3.86. The molecule has 0 N–H and O–H groups in total. The fourth-order valence-electron chi connectivity index (χ4n) is 3.98. The van der Waals surface area contributed by atoms with Crippen molar-refractivity contribution >= 4 is 10.0 Å². The molecule has 2 heterocycles. The molecule has 20 heavy (non-hydrogen) atoms. The van der Waals surface area contributed by atoms with Gasteiger partial charge in [-0.05, 0) is 25.2 Å². The maximum atomic E-state index is 11.8. The highest BCUT2D eigenvalue weighted by atomic mass is 32.2. The molecule has 0 bridgehead atoms. The summed E-state index contributed by atoms with van der Waals surface area (Å²) in [6.07, 6.45) is 5.05. The lowest BCUT2D eigenvalue weighted by Crippen LogP contribution is -2.37. The van der Waals surface area contributed by atoms with Crippen LogP contribution in [0, 0.1) is 17.3 Å². The monoisotopic (exact) mass is 302 g/mol. The standard InChI is InChI=1S/C14H26N2O3S/c1-19-9-13-8-15(7-12-3-4-12)10-14(13)5-6-16(11-14)20(2,17)18/h12-13H,3-11H2,1-2H3/t13-,14-/m1/s1. The highest BCUT2D eigenvalue weighted by Crippen LogP contribution is 2.45. The molecule has 0 radical (unpaired) electrons. The Morgan fingerprint density at radius 2 is 2.05 bits per heavy atom. The highest BCUT2D eigenvalue weighted by Gasteiger charge is 2.52. The van der Waals surface area contributed by atoms with E-state index in [9.17, 15) is 8.42 Å². The quantitative estimate of drug-likeness (QED) is 0.747. The van der Waals surface area contributed by atoms with Gasteiger partial charge in [-0.25, -0.2) is 12.7 Å². The Balaban J connectivity index is 1.72. The molecule has 0 amide bonds. The van der Waals surface area contributed by atoms with Crippen LogP contribution in [0.4, 0.5) is 0 Å². The van der Waals surface area contributed by atoms with Crippen LogP contribution in [0.25, 0.3) is 0 Å². The minimum Gasteiger partial charge on any atom is -0.384 e. The van der Waals surface area contributed by atoms with E-state index in [2.05, 4.69) is 4.90 Å². The molecule has 3 fully saturated rings. The van der Waals surface area contributed by atoms with Crippen LogP contribution >= 0.6 is 0 Å². The number of methoxy groups -OCH3 is 1. The van der Waals surface area contributed by atoms with Gasteiger partial charge in [0, 0.05) is 51.2 Å². The molecular formula is C14H26N2O3S. The number of ether oxygens (including phenoxy) is 1. The topological polar surface area (TPSA) is 49.9 Å². The van der Waals surface area contributed by atoms with Crippen molar-refractivity contribution < 1.29 is 13.2 Å². The largest absolute Gasteiger partial charge is 0.384 e. The van der Waals surface area contributed by atoms with Crippen molar-refractivity contribution in [1.29, 1.82) is 0 Å². The van der Waals surface area contributed by atoms with Crippen molar-refractivity contribution in [2.45, 2.75) is 19.3 Å². The van der Waals surface area contributed by atoms with Crippen LogP contribution in [0.5, 0.6) is 0 Å². The first-order valence-electron chi connectivity index (χ1n) is 7.59. The molecule has 3 rings (SSSR count). The minimum absolute atomic E-state index is 0.119. The van der Waals surface area contributed by atoms with E-state index >= 15 is 0 Å². The predicted molar refractivity (Wildman–Crippen MR) is 78.0 cm³/mol. The van der Waals surface area contributed by atoms with Crippen LogP contribution < -0.4 is 0 Å². The van der Waals surface area contributed by atoms with Crippen LogP contribution in [0.2, 0.25) is 0 Å². The number of nitrogens with zero attached hydrogens (tertiary/aromatic N) is 2. The van der Waals surface area contributed by atoms with Gasteiger partial charge in [0.2, 0.25) is 10.0 Å². The lowest BCUT2D eigenvalue weighted by Gasteiger charge is -2.29. The van der Waals surface area contributed by atoms with Gasteiger partial charge in [-0.1, -0.05) is 0 Å². The van der Waals surface area contributed by atoms with Crippen molar-refractivity contribution in [2.75, 3.05) is 52.7 Å². The molecule has 1 spiro atoms. The van der Waals surface area contributed by atoms with Gasteiger partial charge in [0.15, 0.2) is 0 Å². The summed E-state index contributed by atoms with van der Waals surface area (Å²) >= 11 is 0. The number of likely N-dealkylation sites (tertiary alicyclic amines) is 1. The van der Waals surface area contributed by atoms with E-state index < -0.39 is 10.0 Å². The highest BCUT2D eigenvalue weighted by molar-refractivity contribution is 7.88. The fourth-order valence-corrected chi connectivity index (χ4v) is 4.90. The normalized spacial score (nSPS) is 36.2. The zero-order valence-corrected chi connectivity index (χ0v) is 13.4. The van der Waals surface area contributed by atoms with E-state index in [0.717, 1.165) is 32.0 Å². The van der Waals surface area contributed by atoms with E-state index in [1.54, 1.807) is 11.4 Å². The summed E-state index contributed by atoms with van der Waals surface area (Å²) in [4.78, 5) is 2.55. The second-order valence-corrected chi connectivity index (χ2v) is 8.98. The molecule has 0 aromatic rings. The molecule has 0 aromatic heterocycles. The minimum atomic E-state index is -3.06. The van der Waals surface area contributed by atoms with Crippen LogP contribution in [-0.2, 0) is 14.8 Å². The summed E-state index contributed by atoms with van der Waals surface area (Å²) in [6.45, 7) is 5.42. The summed E-state index contributed by atoms with van der Waals surface area (Å²) in [7, 11) is -1.31. The van der Waals surface area contributed by atoms with Gasteiger partial charge < -0.3 is 9.64 Å². The van der Waals surface area contributed by atoms with Crippen molar-refractivity contribution in [2.24, 2.45) is 17.3 Å². The molecular weight excluding hydrogens is 276 g/mol. The first-order chi connectivity index (χ1) is 9.43. The Hall–Kier alpha value is -0.170. The molecule has 0 aromatic carbocycles. The van der Waals surface area contributed by atoms with Gasteiger partial charge in [0.25, 0.3) is 0 Å². The summed E-state index contributed by atoms with van der Waals surface area (Å²) < 4.78 is 30.6. The number of rotatable bonds is 5. The SMILES string of the molecule is COC[C@H]1CN(CC2CC2)C[C@@]12CCN(S(C)(=O)=O)C2. The molecule has 6 heteroatoms. The molecule has 2 aliphatic heterocycles. The predicted octanol–water partition coefficient (Wildman–Crippen LogP) is 0.626. The van der Waals surface area contributed by atoms with E-state index in [1.807, 2.05) is 0 Å². The summed E-state index contributed by atoms with van der Waals surface area (Å²) in [5, 5.41) is 0. The molecule has 1 saturated carbocycles. The summed E-state index contributed by atoms with van der Waals surface area (Å²) in [6, 6.07) is 0. The van der Waals surface area contributed by atoms with Gasteiger partial charge in [-0.3, -0.25) is 0 Å². The van der Waals surface area contributed by atoms with Gasteiger partial charge in [0.1, 0.15) is 0 Å². The van der Waals surface area contributed by atoms with Crippen LogP contribution in [0.15, 0.2) is 0 Å². The van der Waals surface area contributed by atoms with Crippen molar-refractivity contribution in [3.63, 3.8) is 0 Å². The average Bonchev–Trinajstić information content (AvgIpc) is 2.95. The van der Waals surface area contributed by atoms with Crippen molar-refractivity contribution in [1.82, 2.24) is 9.21 Å². The zero-order chi connectivity index (χ0) is 14.4. The maximum Gasteiger partial charge on any atom is 0.211 e. The van der Waals surface area contributed by atoms with Gasteiger partial charge >= 0.3 is 0 Å². The van der Waals surface area contributed by atoms with Crippen molar-refractivity contribution in [3.8, 4) is 0 Å². The first kappa shape index (κ1) is 14.8. The van der Waals surface area contributed by atoms with Crippen LogP contribution in [-0.4, -0.2) is 70.3 Å². The van der Waals surface area contributed by atoms with Gasteiger partial charge in [-0.2, -0.15) is 0 Å². The number of hydrogen-bond acceptors (Lipinski definition) is 4.